The lowest BCUT2D eigenvalue weighted by Gasteiger charge is -2.27. The molecule has 0 amide bonds. The van der Waals surface area contributed by atoms with Crippen LogP contribution in [0.3, 0.4) is 0 Å². The second-order valence-electron chi connectivity index (χ2n) is 5.83. The van der Waals surface area contributed by atoms with Crippen LogP contribution in [-0.4, -0.2) is 26.3 Å². The highest BCUT2D eigenvalue weighted by Crippen LogP contribution is 2.28. The number of nitro groups is 1. The normalized spacial score (nSPS) is 14.9. The predicted molar refractivity (Wildman–Crippen MR) is 85.8 cm³/mol. The molecule has 0 saturated carbocycles. The molecule has 1 aromatic carbocycles. The summed E-state index contributed by atoms with van der Waals surface area (Å²) in [5.74, 6) is -1.32. The number of fused-ring (bicyclic) bond motifs is 1. The fraction of sp³-hybridized carbons (Fsp3) is 0.333. The molecule has 7 nitrogen and oxygen atoms in total. The smallest absolute Gasteiger partial charge is 0.303 e. The second-order valence-corrected chi connectivity index (χ2v) is 6.26. The van der Waals surface area contributed by atoms with Gasteiger partial charge in [-0.15, -0.1) is 0 Å². The molecule has 1 N–H and O–H groups in total. The Kier molecular flexibility index (Phi) is 4.72. The van der Waals surface area contributed by atoms with Gasteiger partial charge in [-0.3, -0.25) is 19.8 Å². The second kappa shape index (κ2) is 6.69. The van der Waals surface area contributed by atoms with Gasteiger partial charge in [0.25, 0.3) is 11.2 Å². The van der Waals surface area contributed by atoms with Crippen LogP contribution in [0, 0.1) is 10.1 Å². The maximum atomic E-state index is 12.7. The lowest BCUT2D eigenvalue weighted by molar-refractivity contribution is -0.385. The van der Waals surface area contributed by atoms with Crippen LogP contribution in [0.4, 0.5) is 18.9 Å². The molecule has 26 heavy (non-hydrogen) atoms. The van der Waals surface area contributed by atoms with E-state index < -0.39 is 22.5 Å². The number of hydrogen-bond donors (Lipinski definition) is 1. The van der Waals surface area contributed by atoms with Crippen LogP contribution in [0.15, 0.2) is 23.0 Å². The van der Waals surface area contributed by atoms with Crippen LogP contribution in [-0.2, 0) is 25.7 Å². The SMILES string of the molecule is O=c1[nH]c(C(F)(F)F)nc2c1CN(Cc1ccc(Cl)cc1[N+](=O)[O-])CC2. The fourth-order valence-corrected chi connectivity index (χ4v) is 3.00. The van der Waals surface area contributed by atoms with Crippen molar-refractivity contribution in [3.05, 3.63) is 66.3 Å². The van der Waals surface area contributed by atoms with Gasteiger partial charge in [0.2, 0.25) is 5.82 Å². The highest BCUT2D eigenvalue weighted by Gasteiger charge is 2.36. The van der Waals surface area contributed by atoms with Crippen LogP contribution in [0.5, 0.6) is 0 Å². The minimum Gasteiger partial charge on any atom is -0.303 e. The van der Waals surface area contributed by atoms with Crippen molar-refractivity contribution in [2.24, 2.45) is 0 Å². The van der Waals surface area contributed by atoms with E-state index in [4.69, 9.17) is 11.6 Å². The maximum Gasteiger partial charge on any atom is 0.449 e. The number of halogens is 4. The number of nitrogens with zero attached hydrogens (tertiary/aromatic N) is 3. The van der Waals surface area contributed by atoms with E-state index in [1.807, 2.05) is 0 Å². The van der Waals surface area contributed by atoms with Crippen molar-refractivity contribution in [3.8, 4) is 0 Å². The van der Waals surface area contributed by atoms with Gasteiger partial charge in [0.05, 0.1) is 16.2 Å². The summed E-state index contributed by atoms with van der Waals surface area (Å²) < 4.78 is 38.2. The zero-order valence-electron chi connectivity index (χ0n) is 13.1. The zero-order valence-corrected chi connectivity index (χ0v) is 13.9. The zero-order chi connectivity index (χ0) is 19.1. The molecule has 1 aliphatic heterocycles. The number of nitrogens with one attached hydrogen (secondary N) is 1. The Morgan fingerprint density at radius 1 is 1.38 bits per heavy atom. The van der Waals surface area contributed by atoms with Crippen molar-refractivity contribution in [1.82, 2.24) is 14.9 Å². The lowest BCUT2D eigenvalue weighted by atomic mass is 10.1. The molecule has 2 aromatic rings. The molecule has 0 saturated heterocycles. The minimum absolute atomic E-state index is 0.0512. The number of H-pyrrole nitrogens is 1. The van der Waals surface area contributed by atoms with E-state index in [0.29, 0.717) is 12.1 Å². The van der Waals surface area contributed by atoms with Gasteiger partial charge < -0.3 is 4.98 Å². The van der Waals surface area contributed by atoms with Crippen molar-refractivity contribution in [1.29, 1.82) is 0 Å². The summed E-state index contributed by atoms with van der Waals surface area (Å²) in [4.78, 5) is 29.6. The number of aromatic nitrogens is 2. The Morgan fingerprint density at radius 2 is 2.12 bits per heavy atom. The van der Waals surface area contributed by atoms with Gasteiger partial charge in [0.15, 0.2) is 0 Å². The third kappa shape index (κ3) is 3.70. The molecular formula is C15H12ClF3N4O3. The van der Waals surface area contributed by atoms with Crippen LogP contribution in [0.25, 0.3) is 0 Å². The summed E-state index contributed by atoms with van der Waals surface area (Å²) in [6.45, 7) is 0.531. The Hall–Kier alpha value is -2.46. The Bertz CT molecular complexity index is 929. The highest BCUT2D eigenvalue weighted by atomic mass is 35.5. The molecule has 3 rings (SSSR count). The number of hydrogen-bond acceptors (Lipinski definition) is 5. The van der Waals surface area contributed by atoms with Crippen LogP contribution in [0.1, 0.15) is 22.6 Å². The third-order valence-corrected chi connectivity index (χ3v) is 4.29. The highest BCUT2D eigenvalue weighted by molar-refractivity contribution is 6.30. The van der Waals surface area contributed by atoms with Gasteiger partial charge in [0, 0.05) is 42.7 Å². The van der Waals surface area contributed by atoms with Crippen molar-refractivity contribution in [2.75, 3.05) is 6.54 Å². The van der Waals surface area contributed by atoms with Crippen molar-refractivity contribution >= 4 is 17.3 Å². The summed E-state index contributed by atoms with van der Waals surface area (Å²) in [6, 6.07) is 4.27. The first kappa shape index (κ1) is 18.3. The molecule has 1 aromatic heterocycles. The standard InChI is InChI=1S/C15H12ClF3N4O3/c16-9-2-1-8(12(5-9)23(25)26)6-22-4-3-11-10(7-22)13(24)21-14(20-11)15(17,18)19/h1-2,5H,3-4,6-7H2,(H,20,21,24). The number of alkyl halides is 3. The topological polar surface area (TPSA) is 92.1 Å². The molecule has 0 radical (unpaired) electrons. The summed E-state index contributed by atoms with van der Waals surface area (Å²) in [6.07, 6.45) is -4.58. The Morgan fingerprint density at radius 3 is 2.77 bits per heavy atom. The first-order valence-corrected chi connectivity index (χ1v) is 7.87. The third-order valence-electron chi connectivity index (χ3n) is 4.05. The molecular weight excluding hydrogens is 377 g/mol. The molecule has 0 bridgehead atoms. The Labute approximate surface area is 149 Å². The summed E-state index contributed by atoms with van der Waals surface area (Å²) >= 11 is 5.78. The average molecular weight is 389 g/mol. The van der Waals surface area contributed by atoms with Crippen LogP contribution < -0.4 is 5.56 Å². The van der Waals surface area contributed by atoms with Gasteiger partial charge >= 0.3 is 6.18 Å². The molecule has 0 fully saturated rings. The number of benzene rings is 1. The van der Waals surface area contributed by atoms with Crippen LogP contribution in [0.2, 0.25) is 5.02 Å². The molecule has 1 aliphatic rings. The quantitative estimate of drug-likeness (QED) is 0.644. The van der Waals surface area contributed by atoms with Crippen molar-refractivity contribution in [2.45, 2.75) is 25.7 Å². The molecule has 0 unspecified atom stereocenters. The minimum atomic E-state index is -4.73. The van der Waals surface area contributed by atoms with Gasteiger partial charge in [0.1, 0.15) is 0 Å². The first-order chi connectivity index (χ1) is 12.1. The molecule has 11 heteroatoms. The molecule has 0 atom stereocenters. The molecule has 138 valence electrons. The molecule has 2 heterocycles. The number of aromatic amines is 1. The van der Waals surface area contributed by atoms with E-state index in [9.17, 15) is 28.1 Å². The van der Waals surface area contributed by atoms with Gasteiger partial charge in [-0.25, -0.2) is 4.98 Å². The van der Waals surface area contributed by atoms with E-state index in [2.05, 4.69) is 4.98 Å². The monoisotopic (exact) mass is 388 g/mol. The fourth-order valence-electron chi connectivity index (χ4n) is 2.83. The largest absolute Gasteiger partial charge is 0.449 e. The van der Waals surface area contributed by atoms with E-state index in [1.165, 1.54) is 18.2 Å². The van der Waals surface area contributed by atoms with Crippen molar-refractivity contribution in [3.63, 3.8) is 0 Å². The van der Waals surface area contributed by atoms with Gasteiger partial charge in [-0.05, 0) is 12.1 Å². The Balaban J connectivity index is 1.86. The van der Waals surface area contributed by atoms with E-state index >= 15 is 0 Å². The molecule has 0 spiro atoms. The maximum absolute atomic E-state index is 12.7. The van der Waals surface area contributed by atoms with E-state index in [0.717, 1.165) is 0 Å². The van der Waals surface area contributed by atoms with E-state index in [1.54, 1.807) is 9.88 Å². The number of nitro benzene ring substituents is 1. The van der Waals surface area contributed by atoms with E-state index in [-0.39, 0.29) is 41.5 Å². The summed E-state index contributed by atoms with van der Waals surface area (Å²) in [5, 5.41) is 11.4. The molecule has 0 aliphatic carbocycles. The lowest BCUT2D eigenvalue weighted by Crippen LogP contribution is -2.36. The average Bonchev–Trinajstić information content (AvgIpc) is 2.55. The van der Waals surface area contributed by atoms with Gasteiger partial charge in [-0.2, -0.15) is 13.2 Å². The van der Waals surface area contributed by atoms with Crippen LogP contribution >= 0.6 is 11.6 Å². The first-order valence-electron chi connectivity index (χ1n) is 7.49. The summed E-state index contributed by atoms with van der Waals surface area (Å²) in [7, 11) is 0. The predicted octanol–water partition coefficient (Wildman–Crippen LogP) is 2.91. The number of rotatable bonds is 3. The van der Waals surface area contributed by atoms with Gasteiger partial charge in [-0.1, -0.05) is 11.6 Å². The summed E-state index contributed by atoms with van der Waals surface area (Å²) in [5.41, 5.74) is -0.358. The van der Waals surface area contributed by atoms with Crippen molar-refractivity contribution < 1.29 is 18.1 Å².